The minimum Gasteiger partial charge on any atom is -0.475 e. The second kappa shape index (κ2) is 12.2. The van der Waals surface area contributed by atoms with Gasteiger partial charge in [-0.15, -0.1) is 0 Å². The number of ether oxygens (including phenoxy) is 1. The van der Waals surface area contributed by atoms with Crippen LogP contribution in [0.4, 0.5) is 0 Å². The Morgan fingerprint density at radius 1 is 1.00 bits per heavy atom. The first-order valence-electron chi connectivity index (χ1n) is 15.1. The molecule has 226 valence electrons. The van der Waals surface area contributed by atoms with E-state index in [0.717, 1.165) is 28.8 Å². The number of aliphatic imine (C=N–C) groups is 1. The normalized spacial score (nSPS) is 23.4. The van der Waals surface area contributed by atoms with Crippen LogP contribution in [0.2, 0.25) is 0 Å². The lowest BCUT2D eigenvalue weighted by molar-refractivity contribution is 0.0901. The lowest BCUT2D eigenvalue weighted by Gasteiger charge is -2.31. The number of hydrogen-bond acceptors (Lipinski definition) is 6. The summed E-state index contributed by atoms with van der Waals surface area (Å²) in [7, 11) is -4.02. The quantitative estimate of drug-likeness (QED) is 0.424. The molecule has 2 aliphatic heterocycles. The van der Waals surface area contributed by atoms with Gasteiger partial charge >= 0.3 is 0 Å². The number of carbonyl (C=O) groups excluding carboxylic acids is 1. The van der Waals surface area contributed by atoms with E-state index in [2.05, 4.69) is 66.2 Å². The molecule has 0 aromatic heterocycles. The summed E-state index contributed by atoms with van der Waals surface area (Å²) in [5, 5.41) is 6.48. The molecule has 1 amide bonds. The molecule has 42 heavy (non-hydrogen) atoms. The average molecular weight is 593 g/mol. The molecule has 1 fully saturated rings. The van der Waals surface area contributed by atoms with Crippen molar-refractivity contribution in [1.29, 1.82) is 0 Å². The highest BCUT2D eigenvalue weighted by molar-refractivity contribution is 7.89. The number of fused-ring (bicyclic) bond motifs is 3. The maximum Gasteiger partial charge on any atom is 0.251 e. The van der Waals surface area contributed by atoms with Crippen LogP contribution in [0.25, 0.3) is 5.70 Å². The summed E-state index contributed by atoms with van der Waals surface area (Å²) in [4.78, 5) is 17.9. The van der Waals surface area contributed by atoms with Crippen molar-refractivity contribution < 1.29 is 17.9 Å². The van der Waals surface area contributed by atoms with Gasteiger partial charge in [0, 0.05) is 16.7 Å². The van der Waals surface area contributed by atoms with Crippen molar-refractivity contribution in [3.05, 3.63) is 70.3 Å². The van der Waals surface area contributed by atoms with Gasteiger partial charge in [-0.25, -0.2) is 13.4 Å². The third-order valence-electron chi connectivity index (χ3n) is 8.35. The summed E-state index contributed by atoms with van der Waals surface area (Å²) in [6, 6.07) is 12.2. The molecular formula is C33H44N4O4S. The van der Waals surface area contributed by atoms with E-state index < -0.39 is 16.3 Å². The maximum absolute atomic E-state index is 13.5. The highest BCUT2D eigenvalue weighted by Crippen LogP contribution is 2.33. The molecule has 0 saturated heterocycles. The predicted molar refractivity (Wildman–Crippen MR) is 166 cm³/mol. The van der Waals surface area contributed by atoms with Gasteiger partial charge in [0.05, 0.1) is 16.6 Å². The SMILES string of the molecule is CC1=C(c2c(C)cccc2CC2CCCCC2)NC2N=C1OC[C@@H](CC(C)(C)C)NC(=O)c1cccc(c1)S(=O)(=O)N2. The fourth-order valence-corrected chi connectivity index (χ4v) is 7.46. The Bertz CT molecular complexity index is 1500. The molecule has 1 unspecified atom stereocenters. The van der Waals surface area contributed by atoms with Crippen LogP contribution in [-0.2, 0) is 21.2 Å². The zero-order valence-corrected chi connectivity index (χ0v) is 26.2. The van der Waals surface area contributed by atoms with Gasteiger partial charge in [-0.2, -0.15) is 4.72 Å². The molecule has 3 aliphatic rings. The molecule has 2 atom stereocenters. The van der Waals surface area contributed by atoms with Crippen LogP contribution < -0.4 is 15.4 Å². The smallest absolute Gasteiger partial charge is 0.251 e. The van der Waals surface area contributed by atoms with Gasteiger partial charge in [0.25, 0.3) is 5.91 Å². The minimum atomic E-state index is -4.02. The van der Waals surface area contributed by atoms with Gasteiger partial charge in [0.1, 0.15) is 6.61 Å². The van der Waals surface area contributed by atoms with Crippen molar-refractivity contribution in [1.82, 2.24) is 15.4 Å². The van der Waals surface area contributed by atoms with Crippen molar-refractivity contribution in [2.45, 2.75) is 96.8 Å². The first-order valence-corrected chi connectivity index (χ1v) is 16.6. The number of sulfonamides is 1. The number of amides is 1. The van der Waals surface area contributed by atoms with Crippen molar-refractivity contribution in [2.75, 3.05) is 6.61 Å². The average Bonchev–Trinajstić information content (AvgIpc) is 2.93. The summed E-state index contributed by atoms with van der Waals surface area (Å²) in [5.74, 6) is 0.660. The molecule has 2 heterocycles. The second-order valence-electron chi connectivity index (χ2n) is 13.2. The van der Waals surface area contributed by atoms with E-state index in [0.29, 0.717) is 18.2 Å². The van der Waals surface area contributed by atoms with Crippen LogP contribution in [-0.4, -0.2) is 39.2 Å². The monoisotopic (exact) mass is 592 g/mol. The summed E-state index contributed by atoms with van der Waals surface area (Å²) in [6.07, 6.45) is 6.98. The van der Waals surface area contributed by atoms with Crippen molar-refractivity contribution in [2.24, 2.45) is 16.3 Å². The summed E-state index contributed by atoms with van der Waals surface area (Å²) in [6.45, 7) is 10.6. The topological polar surface area (TPSA) is 109 Å². The van der Waals surface area contributed by atoms with Crippen LogP contribution in [0.5, 0.6) is 0 Å². The van der Waals surface area contributed by atoms with Crippen LogP contribution in [0.15, 0.2) is 57.9 Å². The van der Waals surface area contributed by atoms with Crippen LogP contribution in [0.3, 0.4) is 0 Å². The molecule has 1 saturated carbocycles. The zero-order chi connectivity index (χ0) is 30.1. The van der Waals surface area contributed by atoms with E-state index in [-0.39, 0.29) is 34.4 Å². The third-order valence-corrected chi connectivity index (χ3v) is 9.76. The lowest BCUT2D eigenvalue weighted by Crippen LogP contribution is -2.47. The Morgan fingerprint density at radius 3 is 2.48 bits per heavy atom. The van der Waals surface area contributed by atoms with E-state index in [1.807, 2.05) is 6.92 Å². The number of carbonyl (C=O) groups is 1. The highest BCUT2D eigenvalue weighted by Gasteiger charge is 2.31. The fourth-order valence-electron chi connectivity index (χ4n) is 6.38. The number of rotatable bonds is 4. The second-order valence-corrected chi connectivity index (χ2v) is 14.9. The van der Waals surface area contributed by atoms with E-state index in [9.17, 15) is 13.2 Å². The first kappa shape index (κ1) is 30.3. The molecular weight excluding hydrogens is 548 g/mol. The van der Waals surface area contributed by atoms with Crippen LogP contribution in [0, 0.1) is 18.3 Å². The van der Waals surface area contributed by atoms with E-state index >= 15 is 0 Å². The molecule has 3 N–H and O–H groups in total. The van der Waals surface area contributed by atoms with E-state index in [1.165, 1.54) is 49.8 Å². The number of nitrogens with one attached hydrogen (secondary N) is 3. The Labute approximate surface area is 250 Å². The molecule has 8 nitrogen and oxygen atoms in total. The van der Waals surface area contributed by atoms with Gasteiger partial charge in [0.2, 0.25) is 15.9 Å². The predicted octanol–water partition coefficient (Wildman–Crippen LogP) is 5.68. The van der Waals surface area contributed by atoms with Gasteiger partial charge in [-0.05, 0) is 67.3 Å². The Kier molecular flexibility index (Phi) is 8.81. The number of hydrogen-bond donors (Lipinski definition) is 3. The number of nitrogens with zero attached hydrogens (tertiary/aromatic N) is 1. The minimum absolute atomic E-state index is 0.00272. The molecule has 4 bridgehead atoms. The lowest BCUT2D eigenvalue weighted by atomic mass is 9.82. The maximum atomic E-state index is 13.5. The molecule has 0 radical (unpaired) electrons. The van der Waals surface area contributed by atoms with Gasteiger partial charge in [-0.1, -0.05) is 77.1 Å². The summed E-state index contributed by atoms with van der Waals surface area (Å²) in [5.41, 5.74) is 5.25. The van der Waals surface area contributed by atoms with Crippen molar-refractivity contribution in [3.63, 3.8) is 0 Å². The molecule has 0 spiro atoms. The van der Waals surface area contributed by atoms with Gasteiger partial charge in [-0.3, -0.25) is 4.79 Å². The molecule has 5 rings (SSSR count). The van der Waals surface area contributed by atoms with Crippen molar-refractivity contribution in [3.8, 4) is 0 Å². The van der Waals surface area contributed by atoms with E-state index in [4.69, 9.17) is 4.74 Å². The Balaban J connectivity index is 1.57. The van der Waals surface area contributed by atoms with Crippen LogP contribution >= 0.6 is 0 Å². The molecule has 2 aromatic carbocycles. The molecule has 1 aliphatic carbocycles. The van der Waals surface area contributed by atoms with E-state index in [1.54, 1.807) is 12.1 Å². The molecule has 9 heteroatoms. The van der Waals surface area contributed by atoms with Gasteiger partial charge < -0.3 is 15.4 Å². The standard InChI is InChI=1S/C33H44N4O4S/c1-21-11-9-14-24(17-23-12-7-6-8-13-23)28(21)29-22(2)31-36-32(35-29)37-42(39,40)27-16-10-15-25(18-27)30(38)34-26(20-41-31)19-33(3,4)5/h9-11,14-16,18,23,26,32,35,37H,6-8,12-13,17,19-20H2,1-5H3,(H,34,38)/t26-,32?/m1/s1. The summed E-state index contributed by atoms with van der Waals surface area (Å²) < 4.78 is 36.1. The van der Waals surface area contributed by atoms with Gasteiger partial charge in [0.15, 0.2) is 6.29 Å². The highest BCUT2D eigenvalue weighted by atomic mass is 32.2. The van der Waals surface area contributed by atoms with Crippen LogP contribution in [0.1, 0.15) is 93.3 Å². The first-order chi connectivity index (χ1) is 19.9. The summed E-state index contributed by atoms with van der Waals surface area (Å²) >= 11 is 0. The molecule has 2 aromatic rings. The number of benzene rings is 2. The fraction of sp³-hybridized carbons (Fsp3) is 0.515. The van der Waals surface area contributed by atoms with Crippen molar-refractivity contribution >= 4 is 27.5 Å². The third kappa shape index (κ3) is 7.06. The largest absolute Gasteiger partial charge is 0.475 e. The zero-order valence-electron chi connectivity index (χ0n) is 25.4. The Morgan fingerprint density at radius 2 is 1.74 bits per heavy atom. The number of aryl methyl sites for hydroxylation is 1. The Hall–Kier alpha value is -3.17.